The van der Waals surface area contributed by atoms with Gasteiger partial charge < -0.3 is 10.2 Å². The van der Waals surface area contributed by atoms with Crippen LogP contribution in [0, 0.1) is 5.82 Å². The number of carbonyl (C=O) groups is 1. The van der Waals surface area contributed by atoms with Crippen molar-refractivity contribution in [2.45, 2.75) is 19.5 Å². The van der Waals surface area contributed by atoms with E-state index in [0.29, 0.717) is 17.6 Å². The molecule has 0 aliphatic carbocycles. The van der Waals surface area contributed by atoms with E-state index < -0.39 is 0 Å². The summed E-state index contributed by atoms with van der Waals surface area (Å²) < 4.78 is 13.8. The lowest BCUT2D eigenvalue weighted by atomic mass is 10.1. The topological polar surface area (TPSA) is 32.3 Å². The Morgan fingerprint density at radius 2 is 2.35 bits per heavy atom. The van der Waals surface area contributed by atoms with Gasteiger partial charge in [-0.05, 0) is 34.5 Å². The third-order valence-electron chi connectivity index (χ3n) is 2.91. The Bertz CT molecular complexity index is 439. The van der Waals surface area contributed by atoms with E-state index in [0.717, 1.165) is 12.1 Å². The molecule has 0 spiro atoms. The minimum Gasteiger partial charge on any atom is -0.336 e. The summed E-state index contributed by atoms with van der Waals surface area (Å²) >= 11 is 3.21. The van der Waals surface area contributed by atoms with Crippen LogP contribution in [0.1, 0.15) is 12.5 Å². The van der Waals surface area contributed by atoms with Crippen molar-refractivity contribution >= 4 is 21.8 Å². The van der Waals surface area contributed by atoms with Crippen LogP contribution in [0.2, 0.25) is 0 Å². The van der Waals surface area contributed by atoms with Gasteiger partial charge in [-0.1, -0.05) is 12.1 Å². The van der Waals surface area contributed by atoms with Crippen molar-refractivity contribution in [1.29, 1.82) is 0 Å². The Morgan fingerprint density at radius 3 is 3.12 bits per heavy atom. The predicted molar refractivity (Wildman–Crippen MR) is 67.0 cm³/mol. The van der Waals surface area contributed by atoms with Gasteiger partial charge in [-0.15, -0.1) is 0 Å². The number of benzene rings is 1. The molecule has 1 aromatic rings. The Balaban J connectivity index is 2.15. The van der Waals surface area contributed by atoms with Crippen molar-refractivity contribution < 1.29 is 9.18 Å². The van der Waals surface area contributed by atoms with E-state index in [1.165, 1.54) is 6.07 Å². The summed E-state index contributed by atoms with van der Waals surface area (Å²) in [4.78, 5) is 13.6. The maximum absolute atomic E-state index is 13.3. The van der Waals surface area contributed by atoms with Gasteiger partial charge >= 0.3 is 0 Å². The zero-order valence-electron chi connectivity index (χ0n) is 9.54. The van der Waals surface area contributed by atoms with Crippen LogP contribution in [0.3, 0.4) is 0 Å². The lowest BCUT2D eigenvalue weighted by molar-refractivity contribution is -0.135. The lowest BCUT2D eigenvalue weighted by Crippen LogP contribution is -2.53. The smallest absolute Gasteiger partial charge is 0.239 e. The zero-order valence-corrected chi connectivity index (χ0v) is 11.1. The molecule has 1 fully saturated rings. The summed E-state index contributed by atoms with van der Waals surface area (Å²) in [5.74, 6) is -0.231. The van der Waals surface area contributed by atoms with Crippen LogP contribution in [-0.4, -0.2) is 29.9 Å². The van der Waals surface area contributed by atoms with E-state index >= 15 is 0 Å². The fraction of sp³-hybridized carbons (Fsp3) is 0.417. The minimum atomic E-state index is -0.293. The average molecular weight is 301 g/mol. The molecule has 1 aromatic carbocycles. The normalized spacial score (nSPS) is 20.8. The van der Waals surface area contributed by atoms with Crippen LogP contribution in [0.15, 0.2) is 22.7 Å². The van der Waals surface area contributed by atoms with Gasteiger partial charge in [-0.25, -0.2) is 4.39 Å². The maximum atomic E-state index is 13.3. The van der Waals surface area contributed by atoms with Gasteiger partial charge in [0.15, 0.2) is 0 Å². The number of carbonyl (C=O) groups excluding carboxylic acids is 1. The second-order valence-electron chi connectivity index (χ2n) is 4.15. The van der Waals surface area contributed by atoms with Crippen LogP contribution in [0.5, 0.6) is 0 Å². The fourth-order valence-corrected chi connectivity index (χ4v) is 2.31. The lowest BCUT2D eigenvalue weighted by Gasteiger charge is -2.31. The van der Waals surface area contributed by atoms with Gasteiger partial charge in [0.1, 0.15) is 5.82 Å². The minimum absolute atomic E-state index is 0.0624. The summed E-state index contributed by atoms with van der Waals surface area (Å²) in [5.41, 5.74) is 0.799. The summed E-state index contributed by atoms with van der Waals surface area (Å²) in [6.45, 7) is 3.73. The summed E-state index contributed by atoms with van der Waals surface area (Å²) in [7, 11) is 0. The summed E-state index contributed by atoms with van der Waals surface area (Å²) in [6, 6.07) is 4.73. The molecule has 0 bridgehead atoms. The average Bonchev–Trinajstić information content (AvgIpc) is 2.31. The molecule has 1 aliphatic rings. The van der Waals surface area contributed by atoms with Crippen LogP contribution in [-0.2, 0) is 11.3 Å². The molecule has 3 nitrogen and oxygen atoms in total. The highest BCUT2D eigenvalue weighted by molar-refractivity contribution is 9.10. The first kappa shape index (κ1) is 12.5. The molecule has 0 saturated carbocycles. The predicted octanol–water partition coefficient (Wildman–Crippen LogP) is 1.91. The Morgan fingerprint density at radius 1 is 1.59 bits per heavy atom. The van der Waals surface area contributed by atoms with Crippen LogP contribution in [0.4, 0.5) is 4.39 Å². The van der Waals surface area contributed by atoms with Crippen molar-refractivity contribution in [2.24, 2.45) is 0 Å². The molecule has 17 heavy (non-hydrogen) atoms. The number of amides is 1. The summed E-state index contributed by atoms with van der Waals surface area (Å²) in [5, 5.41) is 3.10. The standard InChI is InChI=1S/C12H14BrFN2O/c1-8-12(17)16(6-5-15-8)7-9-3-2-4-10(14)11(9)13/h2-4,8,15H,5-7H2,1H3. The number of halogens is 2. The SMILES string of the molecule is CC1NCCN(Cc2cccc(F)c2Br)C1=O. The van der Waals surface area contributed by atoms with Crippen molar-refractivity contribution in [1.82, 2.24) is 10.2 Å². The van der Waals surface area contributed by atoms with E-state index in [-0.39, 0.29) is 17.8 Å². The zero-order chi connectivity index (χ0) is 12.4. The summed E-state index contributed by atoms with van der Waals surface area (Å²) in [6.07, 6.45) is 0. The highest BCUT2D eigenvalue weighted by Crippen LogP contribution is 2.22. The number of hydrogen-bond acceptors (Lipinski definition) is 2. The van der Waals surface area contributed by atoms with Crippen LogP contribution < -0.4 is 5.32 Å². The first-order valence-corrected chi connectivity index (χ1v) is 6.34. The second-order valence-corrected chi connectivity index (χ2v) is 4.94. The van der Waals surface area contributed by atoms with Crippen LogP contribution in [0.25, 0.3) is 0 Å². The van der Waals surface area contributed by atoms with Gasteiger partial charge in [-0.3, -0.25) is 4.79 Å². The van der Waals surface area contributed by atoms with Gasteiger partial charge in [0.25, 0.3) is 0 Å². The third-order valence-corrected chi connectivity index (χ3v) is 3.80. The molecule has 92 valence electrons. The van der Waals surface area contributed by atoms with Crippen molar-refractivity contribution in [3.63, 3.8) is 0 Å². The third kappa shape index (κ3) is 2.66. The van der Waals surface area contributed by atoms with Crippen molar-refractivity contribution in [2.75, 3.05) is 13.1 Å². The Labute approximate surface area is 108 Å². The van der Waals surface area contributed by atoms with Crippen molar-refractivity contribution in [3.8, 4) is 0 Å². The number of piperazine rings is 1. The first-order chi connectivity index (χ1) is 8.09. The molecule has 5 heteroatoms. The number of hydrogen-bond donors (Lipinski definition) is 1. The molecular formula is C12H14BrFN2O. The molecule has 1 aliphatic heterocycles. The molecular weight excluding hydrogens is 287 g/mol. The number of nitrogens with zero attached hydrogens (tertiary/aromatic N) is 1. The van der Waals surface area contributed by atoms with Gasteiger partial charge in [0, 0.05) is 19.6 Å². The second kappa shape index (κ2) is 5.14. The molecule has 0 aromatic heterocycles. The van der Waals surface area contributed by atoms with Gasteiger partial charge in [-0.2, -0.15) is 0 Å². The monoisotopic (exact) mass is 300 g/mol. The molecule has 2 rings (SSSR count). The quantitative estimate of drug-likeness (QED) is 0.905. The molecule has 0 radical (unpaired) electrons. The first-order valence-electron chi connectivity index (χ1n) is 5.54. The molecule has 1 saturated heterocycles. The van der Waals surface area contributed by atoms with Crippen molar-refractivity contribution in [3.05, 3.63) is 34.1 Å². The maximum Gasteiger partial charge on any atom is 0.239 e. The highest BCUT2D eigenvalue weighted by Gasteiger charge is 2.25. The van der Waals surface area contributed by atoms with E-state index in [9.17, 15) is 9.18 Å². The van der Waals surface area contributed by atoms with E-state index in [1.54, 1.807) is 11.0 Å². The molecule has 1 heterocycles. The van der Waals surface area contributed by atoms with Gasteiger partial charge in [0.2, 0.25) is 5.91 Å². The van der Waals surface area contributed by atoms with Crippen LogP contribution >= 0.6 is 15.9 Å². The number of rotatable bonds is 2. The van der Waals surface area contributed by atoms with Gasteiger partial charge in [0.05, 0.1) is 10.5 Å². The van der Waals surface area contributed by atoms with E-state index in [1.807, 2.05) is 13.0 Å². The number of nitrogens with one attached hydrogen (secondary N) is 1. The largest absolute Gasteiger partial charge is 0.336 e. The molecule has 1 amide bonds. The molecule has 1 N–H and O–H groups in total. The Hall–Kier alpha value is -0.940. The highest BCUT2D eigenvalue weighted by atomic mass is 79.9. The fourth-order valence-electron chi connectivity index (χ4n) is 1.92. The molecule has 1 atom stereocenters. The molecule has 1 unspecified atom stereocenters. The Kier molecular flexibility index (Phi) is 3.79. The van der Waals surface area contributed by atoms with E-state index in [4.69, 9.17) is 0 Å². The van der Waals surface area contributed by atoms with E-state index in [2.05, 4.69) is 21.2 Å².